The van der Waals surface area contributed by atoms with Crippen LogP contribution < -0.4 is 5.32 Å². The molecule has 1 aromatic heterocycles. The van der Waals surface area contributed by atoms with Crippen molar-refractivity contribution in [3.8, 4) is 0 Å². The molecular formula is C13H22N2S3. The van der Waals surface area contributed by atoms with Gasteiger partial charge in [-0.05, 0) is 13.0 Å². The maximum atomic E-state index is 4.83. The number of hydrogen-bond donors (Lipinski definition) is 1. The van der Waals surface area contributed by atoms with Crippen molar-refractivity contribution in [2.45, 2.75) is 37.2 Å². The van der Waals surface area contributed by atoms with Crippen LogP contribution in [0.3, 0.4) is 0 Å². The summed E-state index contributed by atoms with van der Waals surface area (Å²) in [4.78, 5) is 4.83. The van der Waals surface area contributed by atoms with Crippen molar-refractivity contribution in [2.24, 2.45) is 0 Å². The summed E-state index contributed by atoms with van der Waals surface area (Å²) >= 11 is 6.02. The molecule has 0 bridgehead atoms. The highest BCUT2D eigenvalue weighted by molar-refractivity contribution is 8.06. The molecule has 1 aliphatic rings. The van der Waals surface area contributed by atoms with E-state index in [-0.39, 0.29) is 0 Å². The molecule has 0 saturated carbocycles. The Labute approximate surface area is 123 Å². The Bertz CT molecular complexity index is 354. The Kier molecular flexibility index (Phi) is 6.35. The molecule has 0 aliphatic carbocycles. The molecule has 1 saturated heterocycles. The van der Waals surface area contributed by atoms with Crippen molar-refractivity contribution in [3.63, 3.8) is 0 Å². The molecule has 1 aliphatic heterocycles. The molecule has 2 rings (SSSR count). The number of thiazole rings is 1. The Balaban J connectivity index is 1.85. The van der Waals surface area contributed by atoms with Gasteiger partial charge in [0.25, 0.3) is 0 Å². The molecule has 1 aromatic rings. The van der Waals surface area contributed by atoms with Crippen LogP contribution in [-0.2, 0) is 6.42 Å². The Hall–Kier alpha value is 0.290. The van der Waals surface area contributed by atoms with Crippen LogP contribution in [0.5, 0.6) is 0 Å². The van der Waals surface area contributed by atoms with E-state index in [4.69, 9.17) is 4.98 Å². The summed E-state index contributed by atoms with van der Waals surface area (Å²) in [6, 6.07) is 0. The minimum Gasteiger partial charge on any atom is -0.316 e. The number of nitrogens with zero attached hydrogens (tertiary/aromatic N) is 1. The first-order valence-electron chi connectivity index (χ1n) is 6.69. The summed E-state index contributed by atoms with van der Waals surface area (Å²) in [5.74, 6) is 2.56. The van der Waals surface area contributed by atoms with Crippen LogP contribution in [0.4, 0.5) is 0 Å². The number of rotatable bonds is 6. The lowest BCUT2D eigenvalue weighted by atomic mass is 10.3. The summed E-state index contributed by atoms with van der Waals surface area (Å²) in [6.45, 7) is 6.71. The second kappa shape index (κ2) is 7.78. The predicted octanol–water partition coefficient (Wildman–Crippen LogP) is 3.59. The van der Waals surface area contributed by atoms with E-state index in [2.05, 4.69) is 48.1 Å². The van der Waals surface area contributed by atoms with Gasteiger partial charge in [-0.1, -0.05) is 13.8 Å². The van der Waals surface area contributed by atoms with Gasteiger partial charge in [-0.15, -0.1) is 23.1 Å². The predicted molar refractivity (Wildman–Crippen MR) is 86.1 cm³/mol. The molecule has 1 N–H and O–H groups in total. The van der Waals surface area contributed by atoms with Gasteiger partial charge in [0.15, 0.2) is 0 Å². The van der Waals surface area contributed by atoms with E-state index in [1.807, 2.05) is 11.3 Å². The van der Waals surface area contributed by atoms with Crippen molar-refractivity contribution >= 4 is 34.9 Å². The molecule has 2 heterocycles. The van der Waals surface area contributed by atoms with E-state index in [0.717, 1.165) is 19.5 Å². The minimum absolute atomic E-state index is 0.617. The smallest absolute Gasteiger partial charge is 0.107 e. The Morgan fingerprint density at radius 3 is 2.94 bits per heavy atom. The van der Waals surface area contributed by atoms with Crippen LogP contribution in [0.15, 0.2) is 5.38 Å². The first kappa shape index (κ1) is 14.7. The largest absolute Gasteiger partial charge is 0.316 e. The molecule has 5 heteroatoms. The van der Waals surface area contributed by atoms with E-state index >= 15 is 0 Å². The van der Waals surface area contributed by atoms with E-state index in [1.165, 1.54) is 28.6 Å². The van der Waals surface area contributed by atoms with Crippen molar-refractivity contribution in [1.82, 2.24) is 10.3 Å². The van der Waals surface area contributed by atoms with E-state index in [9.17, 15) is 0 Å². The van der Waals surface area contributed by atoms with Crippen molar-refractivity contribution in [1.29, 1.82) is 0 Å². The quantitative estimate of drug-likeness (QED) is 0.812. The maximum Gasteiger partial charge on any atom is 0.107 e. The third-order valence-corrected chi connectivity index (χ3v) is 7.21. The summed E-state index contributed by atoms with van der Waals surface area (Å²) in [5.41, 5.74) is 1.27. The summed E-state index contributed by atoms with van der Waals surface area (Å²) in [5, 5.41) is 8.35. The molecule has 2 atom stereocenters. The van der Waals surface area contributed by atoms with Gasteiger partial charge in [-0.25, -0.2) is 4.98 Å². The van der Waals surface area contributed by atoms with E-state index < -0.39 is 0 Å². The second-order valence-corrected chi connectivity index (χ2v) is 8.17. The molecule has 2 nitrogen and oxygen atoms in total. The average molecular weight is 303 g/mol. The maximum absolute atomic E-state index is 4.83. The number of hydrogen-bond acceptors (Lipinski definition) is 5. The fourth-order valence-electron chi connectivity index (χ4n) is 1.99. The highest BCUT2D eigenvalue weighted by Gasteiger charge is 2.26. The lowest BCUT2D eigenvalue weighted by Crippen LogP contribution is -2.18. The number of thioether (sulfide) groups is 2. The van der Waals surface area contributed by atoms with Crippen LogP contribution in [0.2, 0.25) is 0 Å². The van der Waals surface area contributed by atoms with Gasteiger partial charge in [-0.2, -0.15) is 11.8 Å². The monoisotopic (exact) mass is 302 g/mol. The highest BCUT2D eigenvalue weighted by Crippen LogP contribution is 2.43. The van der Waals surface area contributed by atoms with Gasteiger partial charge in [0, 0.05) is 35.1 Å². The molecule has 102 valence electrons. The van der Waals surface area contributed by atoms with Crippen LogP contribution in [0.25, 0.3) is 0 Å². The normalized spacial score (nSPS) is 24.3. The van der Waals surface area contributed by atoms with Gasteiger partial charge in [0.1, 0.15) is 5.01 Å². The zero-order valence-electron chi connectivity index (χ0n) is 11.1. The fraction of sp³-hybridized carbons (Fsp3) is 0.769. The van der Waals surface area contributed by atoms with Crippen LogP contribution >= 0.6 is 34.9 Å². The molecule has 0 radical (unpaired) electrons. The van der Waals surface area contributed by atoms with Crippen LogP contribution in [0, 0.1) is 0 Å². The van der Waals surface area contributed by atoms with Crippen molar-refractivity contribution in [3.05, 3.63) is 16.1 Å². The number of aromatic nitrogens is 1. The van der Waals surface area contributed by atoms with Gasteiger partial charge in [0.2, 0.25) is 0 Å². The average Bonchev–Trinajstić information content (AvgIpc) is 2.84. The second-order valence-electron chi connectivity index (χ2n) is 4.54. The number of nitrogens with one attached hydrogen (secondary N) is 1. The zero-order valence-corrected chi connectivity index (χ0v) is 13.6. The minimum atomic E-state index is 0.617. The van der Waals surface area contributed by atoms with Crippen molar-refractivity contribution in [2.75, 3.05) is 24.6 Å². The fourth-order valence-corrected chi connectivity index (χ4v) is 6.02. The standard InChI is InChI=1S/C13H22N2S3/c1-3-5-14-6-4-11-9-18-13(15-11)12-10(2)16-7-8-17-12/h9-10,12,14H,3-8H2,1-2H3. The van der Waals surface area contributed by atoms with Gasteiger partial charge in [0.05, 0.1) is 10.9 Å². The van der Waals surface area contributed by atoms with Crippen molar-refractivity contribution < 1.29 is 0 Å². The highest BCUT2D eigenvalue weighted by atomic mass is 32.2. The molecule has 2 unspecified atom stereocenters. The lowest BCUT2D eigenvalue weighted by Gasteiger charge is -2.25. The SMILES string of the molecule is CCCNCCc1csc(C2SCCSC2C)n1. The summed E-state index contributed by atoms with van der Waals surface area (Å²) < 4.78 is 0. The molecule has 1 fully saturated rings. The first-order chi connectivity index (χ1) is 8.81. The topological polar surface area (TPSA) is 24.9 Å². The summed E-state index contributed by atoms with van der Waals surface area (Å²) in [6.07, 6.45) is 2.27. The first-order valence-corrected chi connectivity index (χ1v) is 9.67. The third-order valence-electron chi connectivity index (χ3n) is 2.99. The van der Waals surface area contributed by atoms with Gasteiger partial charge in [-0.3, -0.25) is 0 Å². The van der Waals surface area contributed by atoms with Crippen LogP contribution in [0.1, 0.15) is 36.2 Å². The molecule has 18 heavy (non-hydrogen) atoms. The third kappa shape index (κ3) is 4.15. The molecular weight excluding hydrogens is 280 g/mol. The Morgan fingerprint density at radius 1 is 1.33 bits per heavy atom. The van der Waals surface area contributed by atoms with E-state index in [1.54, 1.807) is 0 Å². The van der Waals surface area contributed by atoms with Gasteiger partial charge < -0.3 is 5.32 Å². The lowest BCUT2D eigenvalue weighted by molar-refractivity contribution is 0.666. The molecule has 0 spiro atoms. The van der Waals surface area contributed by atoms with Gasteiger partial charge >= 0.3 is 0 Å². The van der Waals surface area contributed by atoms with Crippen LogP contribution in [-0.4, -0.2) is 34.8 Å². The van der Waals surface area contributed by atoms with E-state index in [0.29, 0.717) is 10.5 Å². The molecule has 0 aromatic carbocycles. The molecule has 0 amide bonds. The Morgan fingerprint density at radius 2 is 2.17 bits per heavy atom. The zero-order chi connectivity index (χ0) is 12.8. The summed E-state index contributed by atoms with van der Waals surface area (Å²) in [7, 11) is 0.